The number of nitrogens with zero attached hydrogens (tertiary/aromatic N) is 3. The Hall–Kier alpha value is -2.21. The van der Waals surface area contributed by atoms with Crippen LogP contribution in [0.5, 0.6) is 0 Å². The van der Waals surface area contributed by atoms with Gasteiger partial charge in [-0.3, -0.25) is 14.6 Å². The SMILES string of the molecule is CC(=O)C1=C(O)C(=O)N(CCN2CCCC2)C1c1ccncc1. The lowest BCUT2D eigenvalue weighted by molar-refractivity contribution is -0.129. The number of ketones is 1. The standard InChI is InChI=1S/C17H21N3O3/c1-12(21)14-15(13-4-6-18-7-5-13)20(17(23)16(14)22)11-10-19-8-2-3-9-19/h4-7,15,22H,2-3,8-11H2,1H3. The first-order chi connectivity index (χ1) is 11.1. The first-order valence-electron chi connectivity index (χ1n) is 7.97. The first-order valence-corrected chi connectivity index (χ1v) is 7.97. The normalized spacial score (nSPS) is 22.2. The van der Waals surface area contributed by atoms with Gasteiger partial charge in [0.05, 0.1) is 11.6 Å². The molecule has 2 aliphatic heterocycles. The molecule has 0 spiro atoms. The van der Waals surface area contributed by atoms with Crippen LogP contribution in [0.3, 0.4) is 0 Å². The fraction of sp³-hybridized carbons (Fsp3) is 0.471. The second kappa shape index (κ2) is 6.50. The minimum Gasteiger partial charge on any atom is -0.503 e. The van der Waals surface area contributed by atoms with Gasteiger partial charge in [0.1, 0.15) is 0 Å². The van der Waals surface area contributed by atoms with Crippen LogP contribution in [0, 0.1) is 0 Å². The van der Waals surface area contributed by atoms with Crippen molar-refractivity contribution >= 4 is 11.7 Å². The first kappa shape index (κ1) is 15.7. The van der Waals surface area contributed by atoms with E-state index in [1.807, 2.05) is 0 Å². The van der Waals surface area contributed by atoms with Crippen LogP contribution >= 0.6 is 0 Å². The topological polar surface area (TPSA) is 73.7 Å². The zero-order valence-corrected chi connectivity index (χ0v) is 13.2. The van der Waals surface area contributed by atoms with Crippen molar-refractivity contribution in [1.82, 2.24) is 14.8 Å². The second-order valence-electron chi connectivity index (χ2n) is 6.05. The van der Waals surface area contributed by atoms with Gasteiger partial charge in [-0.25, -0.2) is 0 Å². The minimum absolute atomic E-state index is 0.183. The molecule has 3 heterocycles. The second-order valence-corrected chi connectivity index (χ2v) is 6.05. The molecule has 0 saturated carbocycles. The van der Waals surface area contributed by atoms with E-state index in [0.717, 1.165) is 25.2 Å². The molecule has 0 aromatic carbocycles. The lowest BCUT2D eigenvalue weighted by Crippen LogP contribution is -2.37. The smallest absolute Gasteiger partial charge is 0.290 e. The number of pyridine rings is 1. The van der Waals surface area contributed by atoms with Gasteiger partial charge in [-0.2, -0.15) is 0 Å². The maximum atomic E-state index is 12.4. The maximum Gasteiger partial charge on any atom is 0.290 e. The third-order valence-corrected chi connectivity index (χ3v) is 4.56. The number of amides is 1. The van der Waals surface area contributed by atoms with Crippen LogP contribution in [0.2, 0.25) is 0 Å². The van der Waals surface area contributed by atoms with E-state index < -0.39 is 17.7 Å². The number of aliphatic hydroxyl groups is 1. The third kappa shape index (κ3) is 2.99. The van der Waals surface area contributed by atoms with Crippen molar-refractivity contribution in [2.75, 3.05) is 26.2 Å². The van der Waals surface area contributed by atoms with E-state index in [2.05, 4.69) is 9.88 Å². The van der Waals surface area contributed by atoms with Gasteiger partial charge in [-0.1, -0.05) is 0 Å². The highest BCUT2D eigenvalue weighted by Gasteiger charge is 2.42. The Labute approximate surface area is 135 Å². The van der Waals surface area contributed by atoms with Gasteiger partial charge in [0, 0.05) is 25.5 Å². The number of rotatable bonds is 5. The number of aromatic nitrogens is 1. The van der Waals surface area contributed by atoms with Gasteiger partial charge in [0.15, 0.2) is 11.5 Å². The molecular formula is C17H21N3O3. The number of hydrogen-bond acceptors (Lipinski definition) is 5. The number of carbonyl (C=O) groups excluding carboxylic acids is 2. The van der Waals surface area contributed by atoms with E-state index in [1.165, 1.54) is 19.8 Å². The number of Topliss-reactive ketones (excluding diaryl/α,β-unsaturated/α-hetero) is 1. The highest BCUT2D eigenvalue weighted by molar-refractivity contribution is 6.08. The summed E-state index contributed by atoms with van der Waals surface area (Å²) in [6.45, 7) is 4.72. The van der Waals surface area contributed by atoms with Crippen molar-refractivity contribution in [2.45, 2.75) is 25.8 Å². The quantitative estimate of drug-likeness (QED) is 0.890. The lowest BCUT2D eigenvalue weighted by Gasteiger charge is -2.28. The number of carbonyl (C=O) groups is 2. The van der Waals surface area contributed by atoms with E-state index >= 15 is 0 Å². The molecule has 1 unspecified atom stereocenters. The minimum atomic E-state index is -0.523. The predicted molar refractivity (Wildman–Crippen MR) is 84.7 cm³/mol. The molecule has 3 rings (SSSR count). The molecule has 0 radical (unpaired) electrons. The summed E-state index contributed by atoms with van der Waals surface area (Å²) in [6.07, 6.45) is 5.63. The molecule has 6 heteroatoms. The Balaban J connectivity index is 1.87. The molecule has 1 aromatic rings. The molecule has 6 nitrogen and oxygen atoms in total. The van der Waals surface area contributed by atoms with E-state index in [-0.39, 0.29) is 11.4 Å². The Kier molecular flexibility index (Phi) is 4.43. The number of likely N-dealkylation sites (tertiary alicyclic amines) is 1. The summed E-state index contributed by atoms with van der Waals surface area (Å²) in [6, 6.07) is 3.04. The van der Waals surface area contributed by atoms with Gasteiger partial charge < -0.3 is 14.9 Å². The molecule has 0 aliphatic carbocycles. The molecule has 1 atom stereocenters. The number of hydrogen-bond donors (Lipinski definition) is 1. The summed E-state index contributed by atoms with van der Waals surface area (Å²) >= 11 is 0. The monoisotopic (exact) mass is 315 g/mol. The van der Waals surface area contributed by atoms with Crippen LogP contribution in [-0.4, -0.2) is 57.8 Å². The largest absolute Gasteiger partial charge is 0.503 e. The van der Waals surface area contributed by atoms with Crippen molar-refractivity contribution in [3.05, 3.63) is 41.4 Å². The zero-order chi connectivity index (χ0) is 16.4. The zero-order valence-electron chi connectivity index (χ0n) is 13.2. The molecule has 2 aliphatic rings. The van der Waals surface area contributed by atoms with Gasteiger partial charge in [-0.15, -0.1) is 0 Å². The number of aliphatic hydroxyl groups excluding tert-OH is 1. The van der Waals surface area contributed by atoms with Crippen molar-refractivity contribution in [2.24, 2.45) is 0 Å². The van der Waals surface area contributed by atoms with Crippen LogP contribution < -0.4 is 0 Å². The average Bonchev–Trinajstić information content (AvgIpc) is 3.14. The highest BCUT2D eigenvalue weighted by Crippen LogP contribution is 2.37. The van der Waals surface area contributed by atoms with Crippen LogP contribution in [0.4, 0.5) is 0 Å². The van der Waals surface area contributed by atoms with Crippen molar-refractivity contribution in [1.29, 1.82) is 0 Å². The molecule has 122 valence electrons. The maximum absolute atomic E-state index is 12.4. The van der Waals surface area contributed by atoms with Crippen molar-refractivity contribution in [3.8, 4) is 0 Å². The molecule has 1 aromatic heterocycles. The molecule has 1 N–H and O–H groups in total. The fourth-order valence-corrected chi connectivity index (χ4v) is 3.39. The van der Waals surface area contributed by atoms with Crippen molar-refractivity contribution in [3.63, 3.8) is 0 Å². The summed E-state index contributed by atoms with van der Waals surface area (Å²) in [5.41, 5.74) is 0.978. The Morgan fingerprint density at radius 3 is 2.52 bits per heavy atom. The van der Waals surface area contributed by atoms with Gasteiger partial charge in [0.2, 0.25) is 0 Å². The van der Waals surface area contributed by atoms with Crippen LogP contribution in [0.15, 0.2) is 35.9 Å². The summed E-state index contributed by atoms with van der Waals surface area (Å²) < 4.78 is 0. The predicted octanol–water partition coefficient (Wildman–Crippen LogP) is 1.46. The average molecular weight is 315 g/mol. The fourth-order valence-electron chi connectivity index (χ4n) is 3.39. The Morgan fingerprint density at radius 2 is 1.91 bits per heavy atom. The molecule has 1 amide bonds. The van der Waals surface area contributed by atoms with E-state index in [9.17, 15) is 14.7 Å². The van der Waals surface area contributed by atoms with Gasteiger partial charge >= 0.3 is 0 Å². The highest BCUT2D eigenvalue weighted by atomic mass is 16.3. The van der Waals surface area contributed by atoms with E-state index in [1.54, 1.807) is 29.4 Å². The molecule has 0 bridgehead atoms. The summed E-state index contributed by atoms with van der Waals surface area (Å²) in [5.74, 6) is -1.15. The summed E-state index contributed by atoms with van der Waals surface area (Å²) in [7, 11) is 0. The van der Waals surface area contributed by atoms with Crippen molar-refractivity contribution < 1.29 is 14.7 Å². The summed E-state index contributed by atoms with van der Waals surface area (Å²) in [5, 5.41) is 10.2. The Morgan fingerprint density at radius 1 is 1.26 bits per heavy atom. The Bertz CT molecular complexity index is 636. The van der Waals surface area contributed by atoms with E-state index in [4.69, 9.17) is 0 Å². The van der Waals surface area contributed by atoms with Gasteiger partial charge in [-0.05, 0) is 50.6 Å². The molecular weight excluding hydrogens is 294 g/mol. The molecule has 1 fully saturated rings. The van der Waals surface area contributed by atoms with Crippen LogP contribution in [-0.2, 0) is 9.59 Å². The van der Waals surface area contributed by atoms with Gasteiger partial charge in [0.25, 0.3) is 5.91 Å². The lowest BCUT2D eigenvalue weighted by atomic mass is 9.98. The van der Waals surface area contributed by atoms with Crippen LogP contribution in [0.25, 0.3) is 0 Å². The summed E-state index contributed by atoms with van der Waals surface area (Å²) in [4.78, 5) is 32.3. The third-order valence-electron chi connectivity index (χ3n) is 4.56. The molecule has 23 heavy (non-hydrogen) atoms. The van der Waals surface area contributed by atoms with Crippen LogP contribution in [0.1, 0.15) is 31.4 Å². The molecule has 1 saturated heterocycles. The van der Waals surface area contributed by atoms with E-state index in [0.29, 0.717) is 6.54 Å².